The third kappa shape index (κ3) is 9.47. The Balaban J connectivity index is 1.75. The lowest BCUT2D eigenvalue weighted by Crippen LogP contribution is -2.03. The summed E-state index contributed by atoms with van der Waals surface area (Å²) in [5, 5.41) is 0. The van der Waals surface area contributed by atoms with Gasteiger partial charge < -0.3 is 9.47 Å². The minimum atomic E-state index is -0.375. The molecule has 0 heterocycles. The van der Waals surface area contributed by atoms with Crippen molar-refractivity contribution in [3.8, 4) is 11.5 Å². The summed E-state index contributed by atoms with van der Waals surface area (Å²) in [6.07, 6.45) is 12.7. The number of unbranched alkanes of at least 4 members (excludes halogenated alkanes) is 5. The van der Waals surface area contributed by atoms with Crippen molar-refractivity contribution in [1.82, 2.24) is 0 Å². The van der Waals surface area contributed by atoms with Crippen molar-refractivity contribution in [3.63, 3.8) is 0 Å². The Morgan fingerprint density at radius 3 is 2.14 bits per heavy atom. The van der Waals surface area contributed by atoms with Gasteiger partial charge in [-0.3, -0.25) is 0 Å². The minimum Gasteiger partial charge on any atom is -0.494 e. The van der Waals surface area contributed by atoms with Crippen molar-refractivity contribution >= 4 is 12.0 Å². The second-order valence-electron chi connectivity index (χ2n) is 7.33. The zero-order valence-electron chi connectivity index (χ0n) is 17.9. The summed E-state index contributed by atoms with van der Waals surface area (Å²) in [7, 11) is 0. The zero-order valence-corrected chi connectivity index (χ0v) is 17.9. The van der Waals surface area contributed by atoms with Crippen LogP contribution in [0.3, 0.4) is 0 Å². The predicted octanol–water partition coefficient (Wildman–Crippen LogP) is 7.00. The summed E-state index contributed by atoms with van der Waals surface area (Å²) in [6, 6.07) is 15.5. The molecular weight excluding hydrogens is 360 g/mol. The number of hydrogen-bond donors (Lipinski definition) is 0. The first-order valence-corrected chi connectivity index (χ1v) is 10.9. The van der Waals surface area contributed by atoms with E-state index in [4.69, 9.17) is 9.47 Å². The Morgan fingerprint density at radius 1 is 0.793 bits per heavy atom. The summed E-state index contributed by atoms with van der Waals surface area (Å²) in [6.45, 7) is 5.15. The first-order chi connectivity index (χ1) is 14.2. The van der Waals surface area contributed by atoms with E-state index in [2.05, 4.69) is 13.8 Å². The topological polar surface area (TPSA) is 35.5 Å². The van der Waals surface area contributed by atoms with Gasteiger partial charge in [-0.05, 0) is 60.7 Å². The second kappa shape index (κ2) is 13.6. The molecule has 3 heteroatoms. The predicted molar refractivity (Wildman–Crippen MR) is 120 cm³/mol. The highest BCUT2D eigenvalue weighted by Crippen LogP contribution is 2.16. The van der Waals surface area contributed by atoms with Crippen molar-refractivity contribution in [3.05, 3.63) is 65.7 Å². The van der Waals surface area contributed by atoms with Crippen LogP contribution in [0.15, 0.2) is 54.6 Å². The summed E-state index contributed by atoms with van der Waals surface area (Å²) in [4.78, 5) is 12.0. The van der Waals surface area contributed by atoms with Crippen LogP contribution in [0.2, 0.25) is 0 Å². The summed E-state index contributed by atoms with van der Waals surface area (Å²) >= 11 is 0. The van der Waals surface area contributed by atoms with Crippen molar-refractivity contribution in [2.24, 2.45) is 0 Å². The molecule has 29 heavy (non-hydrogen) atoms. The Hall–Kier alpha value is -2.55. The molecule has 3 nitrogen and oxygen atoms in total. The molecule has 0 aliphatic rings. The fourth-order valence-electron chi connectivity index (χ4n) is 3.01. The number of aryl methyl sites for hydroxylation is 1. The number of hydrogen-bond acceptors (Lipinski definition) is 3. The van der Waals surface area contributed by atoms with Crippen LogP contribution >= 0.6 is 0 Å². The number of esters is 1. The van der Waals surface area contributed by atoms with Crippen molar-refractivity contribution in [1.29, 1.82) is 0 Å². The third-order valence-corrected chi connectivity index (χ3v) is 4.77. The molecule has 0 atom stereocenters. The van der Waals surface area contributed by atoms with Gasteiger partial charge in [0, 0.05) is 6.08 Å². The lowest BCUT2D eigenvalue weighted by Gasteiger charge is -2.06. The molecule has 0 aliphatic carbocycles. The molecule has 2 rings (SSSR count). The summed E-state index contributed by atoms with van der Waals surface area (Å²) < 4.78 is 11.1. The van der Waals surface area contributed by atoms with Crippen LogP contribution in [0.25, 0.3) is 6.08 Å². The molecule has 0 amide bonds. The molecule has 0 spiro atoms. The molecule has 0 aliphatic heterocycles. The fraction of sp³-hybridized carbons (Fsp3) is 0.423. The van der Waals surface area contributed by atoms with Crippen molar-refractivity contribution in [2.45, 2.75) is 65.2 Å². The highest BCUT2D eigenvalue weighted by molar-refractivity contribution is 5.88. The third-order valence-electron chi connectivity index (χ3n) is 4.77. The Bertz CT molecular complexity index is 730. The van der Waals surface area contributed by atoms with Gasteiger partial charge in [-0.2, -0.15) is 0 Å². The largest absolute Gasteiger partial charge is 0.494 e. The number of carbonyl (C=O) groups is 1. The van der Waals surface area contributed by atoms with Gasteiger partial charge in [-0.25, -0.2) is 4.79 Å². The molecule has 156 valence electrons. The van der Waals surface area contributed by atoms with Crippen LogP contribution in [-0.4, -0.2) is 12.6 Å². The van der Waals surface area contributed by atoms with Crippen molar-refractivity contribution in [2.75, 3.05) is 6.61 Å². The lowest BCUT2D eigenvalue weighted by atomic mass is 10.1. The average Bonchev–Trinajstić information content (AvgIpc) is 2.74. The van der Waals surface area contributed by atoms with Crippen LogP contribution in [0.5, 0.6) is 11.5 Å². The van der Waals surface area contributed by atoms with Crippen LogP contribution < -0.4 is 9.47 Å². The van der Waals surface area contributed by atoms with Gasteiger partial charge in [-0.1, -0.05) is 70.2 Å². The van der Waals surface area contributed by atoms with Gasteiger partial charge in [0.1, 0.15) is 11.5 Å². The molecular formula is C26H34O3. The van der Waals surface area contributed by atoms with E-state index >= 15 is 0 Å². The maximum atomic E-state index is 12.0. The molecule has 0 N–H and O–H groups in total. The molecule has 0 saturated heterocycles. The highest BCUT2D eigenvalue weighted by atomic mass is 16.5. The van der Waals surface area contributed by atoms with Gasteiger partial charge in [-0.15, -0.1) is 0 Å². The quantitative estimate of drug-likeness (QED) is 0.159. The van der Waals surface area contributed by atoms with Crippen LogP contribution in [0.4, 0.5) is 0 Å². The zero-order chi connectivity index (χ0) is 20.7. The SMILES string of the molecule is CCCCCCOc1ccc(C=CC(=O)Oc2ccc(CCCCC)cc2)cc1. The van der Waals surface area contributed by atoms with E-state index in [1.54, 1.807) is 6.08 Å². The first-order valence-electron chi connectivity index (χ1n) is 10.9. The number of carbonyl (C=O) groups excluding carboxylic acids is 1. The number of rotatable bonds is 13. The van der Waals surface area contributed by atoms with Crippen LogP contribution in [-0.2, 0) is 11.2 Å². The number of ether oxygens (including phenoxy) is 2. The van der Waals surface area contributed by atoms with E-state index in [1.165, 1.54) is 50.2 Å². The molecule has 0 aromatic heterocycles. The van der Waals surface area contributed by atoms with E-state index in [9.17, 15) is 4.79 Å². The molecule has 0 radical (unpaired) electrons. The van der Waals surface area contributed by atoms with Gasteiger partial charge in [0.05, 0.1) is 6.61 Å². The Morgan fingerprint density at radius 2 is 1.45 bits per heavy atom. The Labute approximate surface area is 175 Å². The van der Waals surface area contributed by atoms with E-state index in [-0.39, 0.29) is 5.97 Å². The molecule has 0 fully saturated rings. The minimum absolute atomic E-state index is 0.375. The monoisotopic (exact) mass is 394 g/mol. The van der Waals surface area contributed by atoms with E-state index in [0.29, 0.717) is 5.75 Å². The Kier molecular flexibility index (Phi) is 10.7. The molecule has 2 aromatic carbocycles. The smallest absolute Gasteiger partial charge is 0.336 e. The van der Waals surface area contributed by atoms with E-state index in [0.717, 1.165) is 30.8 Å². The van der Waals surface area contributed by atoms with Gasteiger partial charge in [0.25, 0.3) is 0 Å². The standard InChI is InChI=1S/C26H34O3/c1-3-5-7-9-21-28-24-16-11-23(12-17-24)15-20-26(27)29-25-18-13-22(14-19-25)10-8-6-4-2/h11-20H,3-10,21H2,1-2H3. The molecule has 0 bridgehead atoms. The van der Waals surface area contributed by atoms with Gasteiger partial charge in [0.15, 0.2) is 0 Å². The first kappa shape index (κ1) is 22.7. The molecule has 0 unspecified atom stereocenters. The lowest BCUT2D eigenvalue weighted by molar-refractivity contribution is -0.128. The highest BCUT2D eigenvalue weighted by Gasteiger charge is 2.02. The van der Waals surface area contributed by atoms with Crippen LogP contribution in [0, 0.1) is 0 Å². The summed E-state index contributed by atoms with van der Waals surface area (Å²) in [5.74, 6) is 1.06. The second-order valence-corrected chi connectivity index (χ2v) is 7.33. The molecule has 2 aromatic rings. The normalized spacial score (nSPS) is 11.0. The number of benzene rings is 2. The maximum Gasteiger partial charge on any atom is 0.336 e. The maximum absolute atomic E-state index is 12.0. The van der Waals surface area contributed by atoms with E-state index in [1.807, 2.05) is 48.5 Å². The van der Waals surface area contributed by atoms with Gasteiger partial charge >= 0.3 is 5.97 Å². The van der Waals surface area contributed by atoms with Gasteiger partial charge in [0.2, 0.25) is 0 Å². The average molecular weight is 395 g/mol. The fourth-order valence-corrected chi connectivity index (χ4v) is 3.01. The molecule has 0 saturated carbocycles. The van der Waals surface area contributed by atoms with Crippen LogP contribution in [0.1, 0.15) is 69.9 Å². The summed E-state index contributed by atoms with van der Waals surface area (Å²) in [5.41, 5.74) is 2.22. The van der Waals surface area contributed by atoms with Crippen molar-refractivity contribution < 1.29 is 14.3 Å². The van der Waals surface area contributed by atoms with E-state index < -0.39 is 0 Å².